The summed E-state index contributed by atoms with van der Waals surface area (Å²) in [6.07, 6.45) is 1.24. The second-order valence-corrected chi connectivity index (χ2v) is 5.68. The third-order valence-corrected chi connectivity index (χ3v) is 3.12. The van der Waals surface area contributed by atoms with E-state index in [-0.39, 0.29) is 29.9 Å². The number of hydrogen-bond donors (Lipinski definition) is 8. The Hall–Kier alpha value is -3.78. The van der Waals surface area contributed by atoms with Gasteiger partial charge in [-0.05, 0) is 36.8 Å². The molecule has 2 aromatic rings. The second-order valence-electron chi connectivity index (χ2n) is 5.68. The van der Waals surface area contributed by atoms with Crippen molar-refractivity contribution in [2.24, 2.45) is 0 Å². The average Bonchev–Trinajstić information content (AvgIpc) is 3.25. The van der Waals surface area contributed by atoms with E-state index < -0.39 is 35.9 Å². The van der Waals surface area contributed by atoms with Crippen LogP contribution in [0.25, 0.3) is 0 Å². The molecule has 0 unspecified atom stereocenters. The number of aromatic carboxylic acids is 4. The summed E-state index contributed by atoms with van der Waals surface area (Å²) in [6.45, 7) is 1.65. The standard InChI is InChI=1S/C8H6O4.C6H4O5.C4H10O2.C2H6O2/c9-7(10)5-1-2-6(4-3-5)8(11)12;7-5(8)3-1-2-11-4(3)6(9)10;1-2-3-4(5)6;3-1-2-4/h1-4H,(H,9,10)(H,11,12);1-2H,(H,7,8)(H,9,10);4-6H,2-3H2,1H3;3-4H,1-2H2. The summed E-state index contributed by atoms with van der Waals surface area (Å²) >= 11 is 0. The fourth-order valence-corrected chi connectivity index (χ4v) is 1.66. The molecule has 0 saturated carbocycles. The summed E-state index contributed by atoms with van der Waals surface area (Å²) in [5, 5.41) is 65.1. The fraction of sp³-hybridized carbons (Fsp3) is 0.300. The van der Waals surface area contributed by atoms with Gasteiger partial charge in [-0.15, -0.1) is 0 Å². The van der Waals surface area contributed by atoms with Crippen LogP contribution < -0.4 is 0 Å². The molecule has 1 heterocycles. The molecule has 13 heteroatoms. The van der Waals surface area contributed by atoms with Gasteiger partial charge in [0, 0.05) is 0 Å². The van der Waals surface area contributed by atoms with E-state index in [0.29, 0.717) is 6.42 Å². The van der Waals surface area contributed by atoms with Crippen LogP contribution in [0.1, 0.15) is 61.4 Å². The van der Waals surface area contributed by atoms with Crippen molar-refractivity contribution in [1.29, 1.82) is 0 Å². The Bertz CT molecular complexity index is 790. The zero-order chi connectivity index (χ0) is 26.0. The third-order valence-electron chi connectivity index (χ3n) is 3.12. The van der Waals surface area contributed by atoms with E-state index in [4.69, 9.17) is 40.9 Å². The Morgan fingerprint density at radius 3 is 1.36 bits per heavy atom. The van der Waals surface area contributed by atoms with Crippen LogP contribution in [0.15, 0.2) is 41.0 Å². The minimum Gasteiger partial charge on any atom is -0.478 e. The van der Waals surface area contributed by atoms with Gasteiger partial charge in [0.25, 0.3) is 0 Å². The van der Waals surface area contributed by atoms with E-state index in [1.807, 2.05) is 6.92 Å². The molecule has 0 fully saturated rings. The van der Waals surface area contributed by atoms with Crippen molar-refractivity contribution < 1.29 is 64.4 Å². The molecule has 1 aromatic carbocycles. The summed E-state index contributed by atoms with van der Waals surface area (Å²) in [5.41, 5.74) is -0.169. The van der Waals surface area contributed by atoms with Crippen LogP contribution in [0.3, 0.4) is 0 Å². The Morgan fingerprint density at radius 2 is 1.18 bits per heavy atom. The number of carboxylic acid groups (broad SMARTS) is 4. The molecule has 0 atom stereocenters. The molecule has 0 radical (unpaired) electrons. The molecular formula is C20H26O13. The van der Waals surface area contributed by atoms with Gasteiger partial charge < -0.3 is 45.3 Å². The molecule has 33 heavy (non-hydrogen) atoms. The normalized spacial score (nSPS) is 9.27. The first-order chi connectivity index (χ1) is 15.4. The molecule has 2 rings (SSSR count). The maximum atomic E-state index is 10.3. The van der Waals surface area contributed by atoms with Gasteiger partial charge in [-0.25, -0.2) is 19.2 Å². The number of hydrogen-bond acceptors (Lipinski definition) is 9. The predicted octanol–water partition coefficient (Wildman–Crippen LogP) is 0.827. The van der Waals surface area contributed by atoms with E-state index in [1.54, 1.807) is 0 Å². The zero-order valence-corrected chi connectivity index (χ0v) is 17.5. The van der Waals surface area contributed by atoms with Crippen LogP contribution in [0, 0.1) is 0 Å². The Morgan fingerprint density at radius 1 is 0.758 bits per heavy atom. The predicted molar refractivity (Wildman–Crippen MR) is 110 cm³/mol. The van der Waals surface area contributed by atoms with Crippen molar-refractivity contribution in [2.45, 2.75) is 26.1 Å². The Balaban J connectivity index is 0. The molecule has 0 aliphatic heterocycles. The molecule has 0 aliphatic rings. The van der Waals surface area contributed by atoms with Gasteiger partial charge in [0.1, 0.15) is 5.56 Å². The first-order valence-electron chi connectivity index (χ1n) is 9.11. The average molecular weight is 474 g/mol. The smallest absolute Gasteiger partial charge is 0.372 e. The highest BCUT2D eigenvalue weighted by Crippen LogP contribution is 2.09. The molecule has 0 saturated heterocycles. The quantitative estimate of drug-likeness (QED) is 0.259. The Kier molecular flexibility index (Phi) is 17.0. The van der Waals surface area contributed by atoms with Gasteiger partial charge in [0.15, 0.2) is 6.29 Å². The van der Waals surface area contributed by atoms with Crippen LogP contribution in [-0.4, -0.2) is 84.2 Å². The SMILES string of the molecule is CCCC(O)O.O=C(O)c1ccc(C(=O)O)cc1.O=C(O)c1ccoc1C(=O)O.OCCO. The van der Waals surface area contributed by atoms with Gasteiger partial charge in [0.2, 0.25) is 5.76 Å². The summed E-state index contributed by atoms with van der Waals surface area (Å²) in [5.74, 6) is -5.36. The highest BCUT2D eigenvalue weighted by Gasteiger charge is 2.18. The van der Waals surface area contributed by atoms with Gasteiger partial charge in [-0.3, -0.25) is 0 Å². The van der Waals surface area contributed by atoms with Crippen molar-refractivity contribution in [1.82, 2.24) is 0 Å². The number of furan rings is 1. The van der Waals surface area contributed by atoms with E-state index in [2.05, 4.69) is 4.42 Å². The fourth-order valence-electron chi connectivity index (χ4n) is 1.66. The molecule has 13 nitrogen and oxygen atoms in total. The lowest BCUT2D eigenvalue weighted by atomic mass is 10.1. The van der Waals surface area contributed by atoms with Gasteiger partial charge in [-0.2, -0.15) is 0 Å². The van der Waals surface area contributed by atoms with Crippen LogP contribution in [0.5, 0.6) is 0 Å². The largest absolute Gasteiger partial charge is 0.478 e. The number of carboxylic acids is 4. The molecule has 8 N–H and O–H groups in total. The molecule has 0 bridgehead atoms. The number of rotatable bonds is 7. The second kappa shape index (κ2) is 17.9. The lowest BCUT2D eigenvalue weighted by Crippen LogP contribution is -2.03. The van der Waals surface area contributed by atoms with E-state index in [1.165, 1.54) is 24.3 Å². The van der Waals surface area contributed by atoms with Crippen molar-refractivity contribution in [3.05, 3.63) is 59.0 Å². The lowest BCUT2D eigenvalue weighted by molar-refractivity contribution is -0.0454. The topological polar surface area (TPSA) is 243 Å². The molecule has 1 aromatic heterocycles. The van der Waals surface area contributed by atoms with Gasteiger partial charge in [0.05, 0.1) is 30.6 Å². The van der Waals surface area contributed by atoms with E-state index in [0.717, 1.165) is 18.8 Å². The van der Waals surface area contributed by atoms with Gasteiger partial charge >= 0.3 is 23.9 Å². The van der Waals surface area contributed by atoms with Crippen LogP contribution >= 0.6 is 0 Å². The molecular weight excluding hydrogens is 448 g/mol. The minimum atomic E-state index is -1.38. The summed E-state index contributed by atoms with van der Waals surface area (Å²) < 4.78 is 4.41. The molecule has 0 aliphatic carbocycles. The monoisotopic (exact) mass is 474 g/mol. The summed E-state index contributed by atoms with van der Waals surface area (Å²) in [6, 6.07) is 6.11. The van der Waals surface area contributed by atoms with Gasteiger partial charge in [-0.1, -0.05) is 13.3 Å². The molecule has 0 spiro atoms. The highest BCUT2D eigenvalue weighted by atomic mass is 16.5. The van der Waals surface area contributed by atoms with Crippen molar-refractivity contribution in [2.75, 3.05) is 13.2 Å². The third kappa shape index (κ3) is 14.8. The maximum absolute atomic E-state index is 10.3. The lowest BCUT2D eigenvalue weighted by Gasteiger charge is -1.94. The zero-order valence-electron chi connectivity index (χ0n) is 17.5. The molecule has 184 valence electrons. The van der Waals surface area contributed by atoms with Crippen LogP contribution in [-0.2, 0) is 0 Å². The van der Waals surface area contributed by atoms with Crippen LogP contribution in [0.2, 0.25) is 0 Å². The number of aliphatic hydroxyl groups excluding tert-OH is 3. The van der Waals surface area contributed by atoms with Crippen molar-refractivity contribution in [3.63, 3.8) is 0 Å². The highest BCUT2D eigenvalue weighted by molar-refractivity contribution is 5.99. The molecule has 0 amide bonds. The van der Waals surface area contributed by atoms with Crippen molar-refractivity contribution >= 4 is 23.9 Å². The first-order valence-corrected chi connectivity index (χ1v) is 9.11. The number of carbonyl (C=O) groups is 4. The summed E-state index contributed by atoms with van der Waals surface area (Å²) in [7, 11) is 0. The van der Waals surface area contributed by atoms with Crippen LogP contribution in [0.4, 0.5) is 0 Å². The first kappa shape index (κ1) is 31.4. The van der Waals surface area contributed by atoms with E-state index >= 15 is 0 Å². The number of aliphatic hydroxyl groups is 4. The van der Waals surface area contributed by atoms with Crippen molar-refractivity contribution in [3.8, 4) is 0 Å². The minimum absolute atomic E-state index is 0.0833. The Labute approximate surface area is 187 Å². The van der Waals surface area contributed by atoms with E-state index in [9.17, 15) is 19.2 Å². The maximum Gasteiger partial charge on any atom is 0.372 e. The number of benzene rings is 1. The summed E-state index contributed by atoms with van der Waals surface area (Å²) in [4.78, 5) is 41.2.